The van der Waals surface area contributed by atoms with Crippen molar-refractivity contribution in [1.82, 2.24) is 5.32 Å². The predicted octanol–water partition coefficient (Wildman–Crippen LogP) is 2.11. The van der Waals surface area contributed by atoms with Gasteiger partial charge in [0.2, 0.25) is 0 Å². The van der Waals surface area contributed by atoms with Crippen LogP contribution in [-0.4, -0.2) is 26.0 Å². The molecule has 1 aromatic carbocycles. The maximum atomic E-state index is 10.8. The van der Waals surface area contributed by atoms with Crippen molar-refractivity contribution < 1.29 is 9.53 Å². The average Bonchev–Trinajstić information content (AvgIpc) is 2.28. The Labute approximate surface area is 103 Å². The summed E-state index contributed by atoms with van der Waals surface area (Å²) < 4.78 is 5.31. The molecule has 0 aromatic heterocycles. The van der Waals surface area contributed by atoms with Crippen LogP contribution in [-0.2, 0) is 11.2 Å². The first kappa shape index (κ1) is 13.7. The van der Waals surface area contributed by atoms with Gasteiger partial charge in [0, 0.05) is 13.0 Å². The molecular formula is C14H21NO2. The van der Waals surface area contributed by atoms with E-state index >= 15 is 0 Å². The Bertz CT molecular complexity index is 374. The molecule has 3 heteroatoms. The third-order valence-electron chi connectivity index (χ3n) is 2.66. The van der Waals surface area contributed by atoms with E-state index in [0.29, 0.717) is 6.42 Å². The van der Waals surface area contributed by atoms with Crippen molar-refractivity contribution in [1.29, 1.82) is 0 Å². The van der Waals surface area contributed by atoms with Crippen molar-refractivity contribution in [3.8, 4) is 5.75 Å². The highest BCUT2D eigenvalue weighted by molar-refractivity contribution is 5.75. The fourth-order valence-electron chi connectivity index (χ4n) is 1.72. The summed E-state index contributed by atoms with van der Waals surface area (Å²) >= 11 is 0. The normalized spacial score (nSPS) is 10.3. The van der Waals surface area contributed by atoms with Gasteiger partial charge in [0.25, 0.3) is 0 Å². The number of Topliss-reactive ketones (excluding diaryl/α,β-unsaturated/α-hetero) is 1. The molecule has 0 atom stereocenters. The second-order valence-electron chi connectivity index (χ2n) is 4.27. The van der Waals surface area contributed by atoms with Crippen LogP contribution in [0, 0.1) is 6.92 Å². The zero-order valence-electron chi connectivity index (χ0n) is 10.9. The van der Waals surface area contributed by atoms with E-state index in [9.17, 15) is 4.79 Å². The highest BCUT2D eigenvalue weighted by Crippen LogP contribution is 2.19. The average molecular weight is 235 g/mol. The molecule has 0 saturated heterocycles. The number of benzene rings is 1. The molecule has 0 aliphatic heterocycles. The molecular weight excluding hydrogens is 214 g/mol. The summed E-state index contributed by atoms with van der Waals surface area (Å²) in [6.07, 6.45) is 1.52. The number of methoxy groups -OCH3 is 1. The second-order valence-corrected chi connectivity index (χ2v) is 4.27. The summed E-state index contributed by atoms with van der Waals surface area (Å²) in [5.74, 6) is 1.16. The number of rotatable bonds is 7. The second kappa shape index (κ2) is 7.07. The molecule has 0 spiro atoms. The minimum atomic E-state index is 0.227. The number of hydrogen-bond donors (Lipinski definition) is 1. The highest BCUT2D eigenvalue weighted by Gasteiger charge is 2.02. The van der Waals surface area contributed by atoms with Gasteiger partial charge in [0.15, 0.2) is 0 Å². The van der Waals surface area contributed by atoms with E-state index in [0.717, 1.165) is 25.3 Å². The van der Waals surface area contributed by atoms with Gasteiger partial charge in [-0.2, -0.15) is 0 Å². The highest BCUT2D eigenvalue weighted by atomic mass is 16.5. The van der Waals surface area contributed by atoms with E-state index in [1.54, 1.807) is 14.0 Å². The Morgan fingerprint density at radius 3 is 2.76 bits per heavy atom. The van der Waals surface area contributed by atoms with Gasteiger partial charge in [-0.15, -0.1) is 0 Å². The fourth-order valence-corrected chi connectivity index (χ4v) is 1.72. The van der Waals surface area contributed by atoms with Gasteiger partial charge >= 0.3 is 0 Å². The summed E-state index contributed by atoms with van der Waals surface area (Å²) in [5.41, 5.74) is 2.45. The van der Waals surface area contributed by atoms with Crippen LogP contribution in [0.25, 0.3) is 0 Å². The van der Waals surface area contributed by atoms with Crippen LogP contribution in [0.3, 0.4) is 0 Å². The third-order valence-corrected chi connectivity index (χ3v) is 2.66. The Hall–Kier alpha value is -1.35. The number of carbonyl (C=O) groups is 1. The van der Waals surface area contributed by atoms with Gasteiger partial charge in [0.1, 0.15) is 11.5 Å². The summed E-state index contributed by atoms with van der Waals surface area (Å²) in [6.45, 7) is 5.31. The molecule has 1 aromatic rings. The standard InChI is InChI=1S/C14H21NO2/c1-11-4-5-14(17-3)13(10-11)7-9-15-8-6-12(2)16/h4-5,10,15H,6-9H2,1-3H3. The molecule has 17 heavy (non-hydrogen) atoms. The fraction of sp³-hybridized carbons (Fsp3) is 0.500. The topological polar surface area (TPSA) is 38.3 Å². The summed E-state index contributed by atoms with van der Waals surface area (Å²) in [4.78, 5) is 10.8. The van der Waals surface area contributed by atoms with Crippen molar-refractivity contribution in [3.63, 3.8) is 0 Å². The van der Waals surface area contributed by atoms with E-state index in [4.69, 9.17) is 4.74 Å². The SMILES string of the molecule is COc1ccc(C)cc1CCNCCC(C)=O. The molecule has 0 fully saturated rings. The van der Waals surface area contributed by atoms with Crippen LogP contribution in [0.1, 0.15) is 24.5 Å². The zero-order valence-corrected chi connectivity index (χ0v) is 10.9. The molecule has 0 bridgehead atoms. The molecule has 3 nitrogen and oxygen atoms in total. The molecule has 1 rings (SSSR count). The van der Waals surface area contributed by atoms with Crippen molar-refractivity contribution in [3.05, 3.63) is 29.3 Å². The number of nitrogens with one attached hydrogen (secondary N) is 1. The summed E-state index contributed by atoms with van der Waals surface area (Å²) in [5, 5.41) is 3.26. The first-order chi connectivity index (χ1) is 8.13. The van der Waals surface area contributed by atoms with Gasteiger partial charge in [-0.1, -0.05) is 17.7 Å². The van der Waals surface area contributed by atoms with Gasteiger partial charge in [-0.25, -0.2) is 0 Å². The van der Waals surface area contributed by atoms with Crippen LogP contribution < -0.4 is 10.1 Å². The molecule has 1 N–H and O–H groups in total. The zero-order chi connectivity index (χ0) is 12.7. The first-order valence-electron chi connectivity index (χ1n) is 5.97. The molecule has 94 valence electrons. The van der Waals surface area contributed by atoms with E-state index in [2.05, 4.69) is 18.3 Å². The van der Waals surface area contributed by atoms with Crippen molar-refractivity contribution in [2.45, 2.75) is 26.7 Å². The van der Waals surface area contributed by atoms with E-state index in [1.165, 1.54) is 11.1 Å². The van der Waals surface area contributed by atoms with Gasteiger partial charge in [0.05, 0.1) is 7.11 Å². The molecule has 0 radical (unpaired) electrons. The largest absolute Gasteiger partial charge is 0.496 e. The summed E-state index contributed by atoms with van der Waals surface area (Å²) in [6, 6.07) is 6.19. The van der Waals surface area contributed by atoms with Crippen molar-refractivity contribution in [2.75, 3.05) is 20.2 Å². The number of carbonyl (C=O) groups excluding carboxylic acids is 1. The van der Waals surface area contributed by atoms with Crippen molar-refractivity contribution in [2.24, 2.45) is 0 Å². The molecule has 0 aliphatic carbocycles. The minimum absolute atomic E-state index is 0.227. The maximum Gasteiger partial charge on any atom is 0.131 e. The number of hydrogen-bond acceptors (Lipinski definition) is 3. The van der Waals surface area contributed by atoms with Gasteiger partial charge in [-0.05, 0) is 38.4 Å². The van der Waals surface area contributed by atoms with Crippen LogP contribution in [0.2, 0.25) is 0 Å². The lowest BCUT2D eigenvalue weighted by Crippen LogP contribution is -2.20. The van der Waals surface area contributed by atoms with Crippen LogP contribution >= 0.6 is 0 Å². The molecule has 0 saturated carbocycles. The monoisotopic (exact) mass is 235 g/mol. The van der Waals surface area contributed by atoms with E-state index < -0.39 is 0 Å². The van der Waals surface area contributed by atoms with Crippen LogP contribution in [0.15, 0.2) is 18.2 Å². The number of ketones is 1. The maximum absolute atomic E-state index is 10.8. The Morgan fingerprint density at radius 1 is 1.35 bits per heavy atom. The lowest BCUT2D eigenvalue weighted by Gasteiger charge is -2.10. The Kier molecular flexibility index (Phi) is 5.70. The van der Waals surface area contributed by atoms with E-state index in [-0.39, 0.29) is 5.78 Å². The first-order valence-corrected chi connectivity index (χ1v) is 5.97. The number of ether oxygens (including phenoxy) is 1. The quantitative estimate of drug-likeness (QED) is 0.736. The molecule has 0 heterocycles. The summed E-state index contributed by atoms with van der Waals surface area (Å²) in [7, 11) is 1.69. The molecule has 0 aliphatic rings. The molecule has 0 amide bonds. The lowest BCUT2D eigenvalue weighted by molar-refractivity contribution is -0.116. The van der Waals surface area contributed by atoms with Gasteiger partial charge in [-0.3, -0.25) is 4.79 Å². The predicted molar refractivity (Wildman–Crippen MR) is 69.6 cm³/mol. The Balaban J connectivity index is 2.40. The Morgan fingerprint density at radius 2 is 2.12 bits per heavy atom. The lowest BCUT2D eigenvalue weighted by atomic mass is 10.1. The number of aryl methyl sites for hydroxylation is 1. The minimum Gasteiger partial charge on any atom is -0.496 e. The van der Waals surface area contributed by atoms with Crippen LogP contribution in [0.5, 0.6) is 5.75 Å². The smallest absolute Gasteiger partial charge is 0.131 e. The van der Waals surface area contributed by atoms with Crippen molar-refractivity contribution >= 4 is 5.78 Å². The van der Waals surface area contributed by atoms with Crippen LogP contribution in [0.4, 0.5) is 0 Å². The third kappa shape index (κ3) is 5.00. The molecule has 0 unspecified atom stereocenters. The van der Waals surface area contributed by atoms with Gasteiger partial charge < -0.3 is 10.1 Å². The van der Waals surface area contributed by atoms with E-state index in [1.807, 2.05) is 12.1 Å².